The number of fused-ring (bicyclic) bond motifs is 1. The number of aliphatic hydroxyl groups is 1. The van der Waals surface area contributed by atoms with E-state index in [-0.39, 0.29) is 18.6 Å². The molecule has 0 bridgehead atoms. The summed E-state index contributed by atoms with van der Waals surface area (Å²) in [7, 11) is 0. The molecule has 0 atom stereocenters. The van der Waals surface area contributed by atoms with E-state index in [9.17, 15) is 4.79 Å². The Bertz CT molecular complexity index is 599. The molecule has 1 saturated heterocycles. The van der Waals surface area contributed by atoms with Crippen molar-refractivity contribution in [3.05, 3.63) is 35.2 Å². The van der Waals surface area contributed by atoms with Gasteiger partial charge in [-0.05, 0) is 30.4 Å². The predicted molar refractivity (Wildman–Crippen MR) is 88.2 cm³/mol. The number of hydrogen-bond acceptors (Lipinski definition) is 4. The first kappa shape index (κ1) is 15.5. The van der Waals surface area contributed by atoms with E-state index in [0.29, 0.717) is 13.0 Å². The van der Waals surface area contributed by atoms with Crippen molar-refractivity contribution in [3.63, 3.8) is 0 Å². The third-order valence-electron chi connectivity index (χ3n) is 4.04. The van der Waals surface area contributed by atoms with Gasteiger partial charge in [0.05, 0.1) is 25.7 Å². The van der Waals surface area contributed by atoms with Gasteiger partial charge in [-0.2, -0.15) is 0 Å². The van der Waals surface area contributed by atoms with Crippen molar-refractivity contribution in [1.82, 2.24) is 4.90 Å². The van der Waals surface area contributed by atoms with Crippen molar-refractivity contribution < 1.29 is 14.6 Å². The third kappa shape index (κ3) is 3.66. The fraction of sp³-hybridized carbons (Fsp3) is 0.471. The van der Waals surface area contributed by atoms with Gasteiger partial charge in [-0.1, -0.05) is 18.2 Å². The molecule has 0 spiro atoms. The van der Waals surface area contributed by atoms with E-state index in [1.54, 1.807) is 11.3 Å². The molecule has 22 heavy (non-hydrogen) atoms. The summed E-state index contributed by atoms with van der Waals surface area (Å²) in [5.41, 5.74) is 0. The van der Waals surface area contributed by atoms with Crippen LogP contribution in [0.4, 0.5) is 0 Å². The van der Waals surface area contributed by atoms with Crippen LogP contribution in [-0.2, 0) is 16.0 Å². The van der Waals surface area contributed by atoms with E-state index >= 15 is 0 Å². The van der Waals surface area contributed by atoms with E-state index in [1.165, 1.54) is 10.1 Å². The first-order valence-corrected chi connectivity index (χ1v) is 8.55. The number of carbonyl (C=O) groups is 1. The molecule has 1 aliphatic rings. The second kappa shape index (κ2) is 7.22. The zero-order valence-electron chi connectivity index (χ0n) is 12.5. The molecular formula is C17H21NO3S. The van der Waals surface area contributed by atoms with Gasteiger partial charge in [0.15, 0.2) is 0 Å². The Hall–Kier alpha value is -1.43. The minimum atomic E-state index is 0.0606. The lowest BCUT2D eigenvalue weighted by Crippen LogP contribution is -2.41. The molecule has 1 aromatic carbocycles. The second-order valence-electron chi connectivity index (χ2n) is 5.60. The number of aliphatic hydroxyl groups excluding tert-OH is 1. The van der Waals surface area contributed by atoms with Gasteiger partial charge in [-0.15, -0.1) is 11.3 Å². The normalized spacial score (nSPS) is 16.3. The number of carbonyl (C=O) groups excluding carboxylic acids is 1. The van der Waals surface area contributed by atoms with Crippen LogP contribution in [0.1, 0.15) is 17.7 Å². The fourth-order valence-electron chi connectivity index (χ4n) is 2.88. The van der Waals surface area contributed by atoms with E-state index in [4.69, 9.17) is 9.84 Å². The molecule has 1 aliphatic heterocycles. The number of thiophene rings is 1. The minimum absolute atomic E-state index is 0.0606. The number of rotatable bonds is 5. The van der Waals surface area contributed by atoms with E-state index in [0.717, 1.165) is 30.8 Å². The first-order valence-electron chi connectivity index (χ1n) is 7.74. The van der Waals surface area contributed by atoms with E-state index < -0.39 is 0 Å². The van der Waals surface area contributed by atoms with Gasteiger partial charge in [0.2, 0.25) is 5.91 Å². The number of likely N-dealkylation sites (tertiary alicyclic amines) is 1. The van der Waals surface area contributed by atoms with Crippen LogP contribution in [0, 0.1) is 0 Å². The van der Waals surface area contributed by atoms with Gasteiger partial charge in [-0.3, -0.25) is 4.79 Å². The Labute approximate surface area is 134 Å². The zero-order chi connectivity index (χ0) is 15.4. The number of amides is 1. The van der Waals surface area contributed by atoms with E-state index in [1.807, 2.05) is 17.0 Å². The summed E-state index contributed by atoms with van der Waals surface area (Å²) in [6.07, 6.45) is 2.39. The van der Waals surface area contributed by atoms with Gasteiger partial charge in [0.1, 0.15) is 0 Å². The number of nitrogens with zero attached hydrogens (tertiary/aromatic N) is 1. The molecule has 1 fully saturated rings. The molecule has 1 N–H and O–H groups in total. The van der Waals surface area contributed by atoms with Crippen molar-refractivity contribution in [2.45, 2.75) is 25.4 Å². The molecule has 5 heteroatoms. The average Bonchev–Trinajstić information content (AvgIpc) is 2.95. The van der Waals surface area contributed by atoms with Crippen LogP contribution in [0.2, 0.25) is 0 Å². The molecule has 0 aliphatic carbocycles. The Kier molecular flexibility index (Phi) is 5.08. The lowest BCUT2D eigenvalue weighted by molar-refractivity contribution is -0.133. The topological polar surface area (TPSA) is 49.8 Å². The largest absolute Gasteiger partial charge is 0.394 e. The summed E-state index contributed by atoms with van der Waals surface area (Å²) in [4.78, 5) is 15.5. The van der Waals surface area contributed by atoms with Gasteiger partial charge in [-0.25, -0.2) is 0 Å². The molecule has 1 aromatic heterocycles. The quantitative estimate of drug-likeness (QED) is 0.921. The van der Waals surface area contributed by atoms with Crippen LogP contribution in [0.25, 0.3) is 10.1 Å². The Morgan fingerprint density at radius 1 is 1.32 bits per heavy atom. The molecular weight excluding hydrogens is 298 g/mol. The van der Waals surface area contributed by atoms with Crippen LogP contribution in [0.15, 0.2) is 30.3 Å². The van der Waals surface area contributed by atoms with Crippen molar-refractivity contribution in [2.24, 2.45) is 0 Å². The number of ether oxygens (including phenoxy) is 1. The molecule has 0 saturated carbocycles. The average molecular weight is 319 g/mol. The summed E-state index contributed by atoms with van der Waals surface area (Å²) in [5, 5.41) is 9.99. The minimum Gasteiger partial charge on any atom is -0.394 e. The summed E-state index contributed by atoms with van der Waals surface area (Å²) >= 11 is 1.70. The number of benzene rings is 1. The fourth-order valence-corrected chi connectivity index (χ4v) is 3.93. The maximum atomic E-state index is 12.4. The molecule has 2 heterocycles. The highest BCUT2D eigenvalue weighted by atomic mass is 32.1. The summed E-state index contributed by atoms with van der Waals surface area (Å²) < 4.78 is 6.77. The summed E-state index contributed by atoms with van der Waals surface area (Å²) in [6, 6.07) is 10.4. The number of hydrogen-bond donors (Lipinski definition) is 1. The molecule has 2 aromatic rings. The maximum absolute atomic E-state index is 12.4. The van der Waals surface area contributed by atoms with Crippen molar-refractivity contribution in [3.8, 4) is 0 Å². The SMILES string of the molecule is O=C(Cc1cc2ccccc2s1)N1CCC(OCCO)CC1. The van der Waals surface area contributed by atoms with Gasteiger partial charge < -0.3 is 14.7 Å². The highest BCUT2D eigenvalue weighted by Gasteiger charge is 2.23. The van der Waals surface area contributed by atoms with Crippen LogP contribution in [-0.4, -0.2) is 48.3 Å². The molecule has 0 radical (unpaired) electrons. The van der Waals surface area contributed by atoms with Crippen LogP contribution >= 0.6 is 11.3 Å². The summed E-state index contributed by atoms with van der Waals surface area (Å²) in [6.45, 7) is 1.95. The molecule has 4 nitrogen and oxygen atoms in total. The highest BCUT2D eigenvalue weighted by molar-refractivity contribution is 7.19. The Balaban J connectivity index is 1.54. The maximum Gasteiger partial charge on any atom is 0.227 e. The highest BCUT2D eigenvalue weighted by Crippen LogP contribution is 2.26. The van der Waals surface area contributed by atoms with Gasteiger partial charge >= 0.3 is 0 Å². The lowest BCUT2D eigenvalue weighted by atomic mass is 10.1. The summed E-state index contributed by atoms with van der Waals surface area (Å²) in [5.74, 6) is 0.201. The van der Waals surface area contributed by atoms with Crippen LogP contribution in [0.3, 0.4) is 0 Å². The monoisotopic (exact) mass is 319 g/mol. The van der Waals surface area contributed by atoms with Crippen LogP contribution < -0.4 is 0 Å². The molecule has 3 rings (SSSR count). The molecule has 1 amide bonds. The lowest BCUT2D eigenvalue weighted by Gasteiger charge is -2.31. The smallest absolute Gasteiger partial charge is 0.227 e. The second-order valence-corrected chi connectivity index (χ2v) is 6.77. The standard InChI is InChI=1S/C17H21NO3S/c19-9-10-21-14-5-7-18(8-6-14)17(20)12-15-11-13-3-1-2-4-16(13)22-15/h1-4,11,14,19H,5-10,12H2. The van der Waals surface area contributed by atoms with Crippen LogP contribution in [0.5, 0.6) is 0 Å². The van der Waals surface area contributed by atoms with Gasteiger partial charge in [0.25, 0.3) is 0 Å². The molecule has 118 valence electrons. The molecule has 0 unspecified atom stereocenters. The van der Waals surface area contributed by atoms with Crippen molar-refractivity contribution in [1.29, 1.82) is 0 Å². The Morgan fingerprint density at radius 3 is 2.82 bits per heavy atom. The van der Waals surface area contributed by atoms with Gasteiger partial charge in [0, 0.05) is 22.7 Å². The Morgan fingerprint density at radius 2 is 2.09 bits per heavy atom. The van der Waals surface area contributed by atoms with Crippen molar-refractivity contribution >= 4 is 27.3 Å². The zero-order valence-corrected chi connectivity index (χ0v) is 13.3. The first-order chi connectivity index (χ1) is 10.8. The number of piperidine rings is 1. The van der Waals surface area contributed by atoms with E-state index in [2.05, 4.69) is 18.2 Å². The van der Waals surface area contributed by atoms with Crippen molar-refractivity contribution in [2.75, 3.05) is 26.3 Å². The predicted octanol–water partition coefficient (Wildman–Crippen LogP) is 2.44. The third-order valence-corrected chi connectivity index (χ3v) is 5.16.